The molecule has 5 rings (SSSR count). The highest BCUT2D eigenvalue weighted by Crippen LogP contribution is 2.34. The van der Waals surface area contributed by atoms with Gasteiger partial charge in [0.25, 0.3) is 5.91 Å². The maximum atomic E-state index is 15.1. The normalized spacial score (nSPS) is 12.2. The summed E-state index contributed by atoms with van der Waals surface area (Å²) in [5.41, 5.74) is 0.0248. The largest absolute Gasteiger partial charge is 0.419 e. The van der Waals surface area contributed by atoms with Crippen molar-refractivity contribution in [2.75, 3.05) is 5.32 Å². The molecule has 0 spiro atoms. The zero-order chi connectivity index (χ0) is 29.1. The molecular formula is C30H21F5N4O2. The number of nitrogens with zero attached hydrogens (tertiary/aromatic N) is 1. The third-order valence-electron chi connectivity index (χ3n) is 6.49. The Hall–Kier alpha value is -5.06. The van der Waals surface area contributed by atoms with Crippen LogP contribution in [0, 0.1) is 11.6 Å². The number of fused-ring (bicyclic) bond motifs is 1. The Kier molecular flexibility index (Phi) is 7.52. The predicted octanol–water partition coefficient (Wildman–Crippen LogP) is 6.51. The second-order valence-corrected chi connectivity index (χ2v) is 9.20. The summed E-state index contributed by atoms with van der Waals surface area (Å²) >= 11 is 0. The Morgan fingerprint density at radius 3 is 2.32 bits per heavy atom. The SMILES string of the molecule is O=C(N[C@H](Cc1c[nH]c2ccccc12)C(=O)Nc1ccncc1)c1ccc(-c2ccc(F)c(C(F)(F)F)c2)cc1F. The number of H-pyrrole nitrogens is 1. The quantitative estimate of drug-likeness (QED) is 0.197. The number of benzene rings is 3. The van der Waals surface area contributed by atoms with E-state index >= 15 is 4.39 Å². The molecule has 2 aromatic heterocycles. The summed E-state index contributed by atoms with van der Waals surface area (Å²) in [6, 6.07) is 14.9. The lowest BCUT2D eigenvalue weighted by Gasteiger charge is -2.19. The number of hydrogen-bond acceptors (Lipinski definition) is 3. The van der Waals surface area contributed by atoms with Crippen LogP contribution in [0.15, 0.2) is 91.4 Å². The van der Waals surface area contributed by atoms with Crippen LogP contribution in [0.3, 0.4) is 0 Å². The van der Waals surface area contributed by atoms with Gasteiger partial charge in [0.2, 0.25) is 5.91 Å². The Morgan fingerprint density at radius 1 is 0.878 bits per heavy atom. The number of carbonyl (C=O) groups excluding carboxylic acids is 2. The molecular weight excluding hydrogens is 543 g/mol. The fourth-order valence-electron chi connectivity index (χ4n) is 4.43. The van der Waals surface area contributed by atoms with Crippen molar-refractivity contribution in [2.45, 2.75) is 18.6 Å². The molecule has 0 aliphatic heterocycles. The molecule has 0 aliphatic rings. The van der Waals surface area contributed by atoms with Gasteiger partial charge in [-0.15, -0.1) is 0 Å². The maximum Gasteiger partial charge on any atom is 0.419 e. The van der Waals surface area contributed by atoms with Crippen molar-refractivity contribution in [2.24, 2.45) is 0 Å². The highest BCUT2D eigenvalue weighted by molar-refractivity contribution is 6.02. The van der Waals surface area contributed by atoms with Gasteiger partial charge in [-0.3, -0.25) is 14.6 Å². The Balaban J connectivity index is 1.41. The first-order valence-corrected chi connectivity index (χ1v) is 12.3. The van der Waals surface area contributed by atoms with E-state index in [0.29, 0.717) is 17.8 Å². The minimum Gasteiger partial charge on any atom is -0.361 e. The molecule has 2 heterocycles. The third kappa shape index (κ3) is 6.08. The van der Waals surface area contributed by atoms with E-state index < -0.39 is 46.8 Å². The van der Waals surface area contributed by atoms with E-state index in [1.165, 1.54) is 18.5 Å². The monoisotopic (exact) mass is 564 g/mol. The molecule has 0 fully saturated rings. The van der Waals surface area contributed by atoms with E-state index in [1.807, 2.05) is 24.3 Å². The zero-order valence-corrected chi connectivity index (χ0v) is 21.1. The summed E-state index contributed by atoms with van der Waals surface area (Å²) in [7, 11) is 0. The topological polar surface area (TPSA) is 86.9 Å². The van der Waals surface area contributed by atoms with Crippen molar-refractivity contribution >= 4 is 28.4 Å². The first-order valence-electron chi connectivity index (χ1n) is 12.3. The van der Waals surface area contributed by atoms with E-state index in [4.69, 9.17) is 0 Å². The number of aromatic nitrogens is 2. The summed E-state index contributed by atoms with van der Waals surface area (Å²) in [6.45, 7) is 0. The van der Waals surface area contributed by atoms with Crippen molar-refractivity contribution < 1.29 is 31.5 Å². The first-order chi connectivity index (χ1) is 19.6. The smallest absolute Gasteiger partial charge is 0.361 e. The van der Waals surface area contributed by atoms with Crippen LogP contribution < -0.4 is 10.6 Å². The van der Waals surface area contributed by atoms with Crippen molar-refractivity contribution in [3.8, 4) is 11.1 Å². The van der Waals surface area contributed by atoms with E-state index in [1.54, 1.807) is 18.3 Å². The van der Waals surface area contributed by atoms with Crippen LogP contribution in [0.4, 0.5) is 27.6 Å². The molecule has 2 amide bonds. The molecule has 11 heteroatoms. The molecule has 0 aliphatic carbocycles. The van der Waals surface area contributed by atoms with Gasteiger partial charge in [-0.25, -0.2) is 8.78 Å². The van der Waals surface area contributed by atoms with Gasteiger partial charge in [0.1, 0.15) is 17.7 Å². The van der Waals surface area contributed by atoms with Crippen molar-refractivity contribution in [3.63, 3.8) is 0 Å². The average molecular weight is 565 g/mol. The lowest BCUT2D eigenvalue weighted by atomic mass is 10.00. The van der Waals surface area contributed by atoms with Gasteiger partial charge in [0.05, 0.1) is 11.1 Å². The van der Waals surface area contributed by atoms with E-state index in [2.05, 4.69) is 20.6 Å². The second kappa shape index (κ2) is 11.2. The summed E-state index contributed by atoms with van der Waals surface area (Å²) < 4.78 is 68.2. The van der Waals surface area contributed by atoms with Crippen LogP contribution in [0.5, 0.6) is 0 Å². The molecule has 0 saturated carbocycles. The average Bonchev–Trinajstić information content (AvgIpc) is 3.35. The second-order valence-electron chi connectivity index (χ2n) is 9.20. The van der Waals surface area contributed by atoms with Crippen LogP contribution in [-0.2, 0) is 17.4 Å². The number of carbonyl (C=O) groups is 2. The molecule has 0 unspecified atom stereocenters. The van der Waals surface area contributed by atoms with Crippen LogP contribution in [0.1, 0.15) is 21.5 Å². The number of amides is 2. The minimum absolute atomic E-state index is 0.00956. The summed E-state index contributed by atoms with van der Waals surface area (Å²) in [4.78, 5) is 33.4. The van der Waals surface area contributed by atoms with Gasteiger partial charge in [-0.05, 0) is 59.2 Å². The van der Waals surface area contributed by atoms with Gasteiger partial charge >= 0.3 is 6.18 Å². The molecule has 208 valence electrons. The number of nitrogens with one attached hydrogen (secondary N) is 3. The fraction of sp³-hybridized carbons (Fsp3) is 0.100. The first kappa shape index (κ1) is 27.5. The molecule has 5 aromatic rings. The number of aromatic amines is 1. The number of rotatable bonds is 7. The van der Waals surface area contributed by atoms with E-state index in [-0.39, 0.29) is 17.5 Å². The van der Waals surface area contributed by atoms with Crippen molar-refractivity contribution in [1.82, 2.24) is 15.3 Å². The predicted molar refractivity (Wildman–Crippen MR) is 143 cm³/mol. The molecule has 6 nitrogen and oxygen atoms in total. The van der Waals surface area contributed by atoms with Gasteiger partial charge < -0.3 is 15.6 Å². The number of halogens is 5. The number of pyridine rings is 1. The Bertz CT molecular complexity index is 1730. The summed E-state index contributed by atoms with van der Waals surface area (Å²) in [6.07, 6.45) is -0.175. The number of anilines is 1. The highest BCUT2D eigenvalue weighted by atomic mass is 19.4. The number of para-hydroxylation sites is 1. The van der Waals surface area contributed by atoms with Gasteiger partial charge in [-0.2, -0.15) is 13.2 Å². The molecule has 3 aromatic carbocycles. The number of alkyl halides is 3. The van der Waals surface area contributed by atoms with Gasteiger partial charge in [-0.1, -0.05) is 30.3 Å². The lowest BCUT2D eigenvalue weighted by molar-refractivity contribution is -0.140. The van der Waals surface area contributed by atoms with E-state index in [9.17, 15) is 27.2 Å². The number of hydrogen-bond donors (Lipinski definition) is 3. The van der Waals surface area contributed by atoms with Crippen molar-refractivity contribution in [3.05, 3.63) is 120 Å². The molecule has 3 N–H and O–H groups in total. The van der Waals surface area contributed by atoms with Crippen LogP contribution >= 0.6 is 0 Å². The standard InChI is InChI=1S/C30H21F5N4O2/c31-24-8-6-17(13-23(24)30(33,34)35)18-5-7-22(25(32)14-18)28(40)39-27(29(41)38-20-9-11-36-12-10-20)15-19-16-37-26-4-2-1-3-21(19)26/h1-14,16,27,37H,15H2,(H,39,40)(H,36,38,41)/t27-/m1/s1. The van der Waals surface area contributed by atoms with Gasteiger partial charge in [0, 0.05) is 41.6 Å². The lowest BCUT2D eigenvalue weighted by Crippen LogP contribution is -2.45. The van der Waals surface area contributed by atoms with Crippen molar-refractivity contribution in [1.29, 1.82) is 0 Å². The highest BCUT2D eigenvalue weighted by Gasteiger charge is 2.34. The van der Waals surface area contributed by atoms with Crippen LogP contribution in [0.25, 0.3) is 22.0 Å². The Morgan fingerprint density at radius 2 is 1.59 bits per heavy atom. The molecule has 1 atom stereocenters. The Labute approximate surface area is 230 Å². The maximum absolute atomic E-state index is 15.1. The molecule has 0 radical (unpaired) electrons. The minimum atomic E-state index is -4.94. The molecule has 0 bridgehead atoms. The zero-order valence-electron chi connectivity index (χ0n) is 21.1. The van der Waals surface area contributed by atoms with Crippen LogP contribution in [0.2, 0.25) is 0 Å². The van der Waals surface area contributed by atoms with Crippen LogP contribution in [-0.4, -0.2) is 27.8 Å². The molecule has 0 saturated heterocycles. The third-order valence-corrected chi connectivity index (χ3v) is 6.49. The molecule has 41 heavy (non-hydrogen) atoms. The van der Waals surface area contributed by atoms with E-state index in [0.717, 1.165) is 34.7 Å². The summed E-state index contributed by atoms with van der Waals surface area (Å²) in [5.74, 6) is -3.95. The fourth-order valence-corrected chi connectivity index (χ4v) is 4.43. The summed E-state index contributed by atoms with van der Waals surface area (Å²) in [5, 5.41) is 6.12. The van der Waals surface area contributed by atoms with Gasteiger partial charge in [0.15, 0.2) is 0 Å².